The molecule has 2 heterocycles. The van der Waals surface area contributed by atoms with Gasteiger partial charge in [-0.2, -0.15) is 0 Å². The van der Waals surface area contributed by atoms with Crippen molar-refractivity contribution < 1.29 is 0 Å². The van der Waals surface area contributed by atoms with Gasteiger partial charge in [0.1, 0.15) is 0 Å². The third kappa shape index (κ3) is 4.54. The second-order valence-corrected chi connectivity index (χ2v) is 16.0. The van der Waals surface area contributed by atoms with Crippen LogP contribution in [0.15, 0.2) is 188 Å². The summed E-state index contributed by atoms with van der Waals surface area (Å²) in [7, 11) is 0. The second kappa shape index (κ2) is 12.0. The minimum Gasteiger partial charge on any atom is -0.313 e. The van der Waals surface area contributed by atoms with Gasteiger partial charge in [0.2, 0.25) is 0 Å². The summed E-state index contributed by atoms with van der Waals surface area (Å²) in [6, 6.07) is 67.9. The van der Waals surface area contributed by atoms with Gasteiger partial charge in [0, 0.05) is 38.8 Å². The number of rotatable bonds is 4. The molecular formula is C56H36N2. The maximum absolute atomic E-state index is 2.48. The Labute approximate surface area is 336 Å². The average molecular weight is 737 g/mol. The monoisotopic (exact) mass is 736 g/mol. The lowest BCUT2D eigenvalue weighted by Crippen LogP contribution is -2.02. The van der Waals surface area contributed by atoms with Crippen molar-refractivity contribution in [3.05, 3.63) is 199 Å². The van der Waals surface area contributed by atoms with Crippen molar-refractivity contribution in [3.8, 4) is 55.9 Å². The first-order valence-corrected chi connectivity index (χ1v) is 20.4. The van der Waals surface area contributed by atoms with Crippen LogP contribution in [0.2, 0.25) is 0 Å². The molecule has 0 fully saturated rings. The maximum Gasteiger partial charge on any atom is 0.0543 e. The number of fused-ring (bicyclic) bond motifs is 10. The molecule has 58 heavy (non-hydrogen) atoms. The highest BCUT2D eigenvalue weighted by atomic mass is 15.0. The second-order valence-electron chi connectivity index (χ2n) is 16.0. The molecule has 0 spiro atoms. The normalized spacial score (nSPS) is 13.0. The molecule has 2 aliphatic carbocycles. The number of nitrogens with zero attached hydrogens (tertiary/aromatic N) is 2. The van der Waals surface area contributed by atoms with Crippen molar-refractivity contribution in [1.29, 1.82) is 0 Å². The van der Waals surface area contributed by atoms with E-state index in [1.54, 1.807) is 0 Å². The Kier molecular flexibility index (Phi) is 6.59. The Hall–Kier alpha value is -7.42. The molecule has 0 radical (unpaired) electrons. The molecule has 13 rings (SSSR count). The molecule has 9 aromatic carbocycles. The number of allylic oxidation sites excluding steroid dienone is 1. The fraction of sp³-hybridized carbons (Fsp3) is 0.0357. The zero-order valence-electron chi connectivity index (χ0n) is 31.8. The number of hydrogen-bond donors (Lipinski definition) is 0. The van der Waals surface area contributed by atoms with E-state index >= 15 is 0 Å². The van der Waals surface area contributed by atoms with Gasteiger partial charge in [-0.05, 0) is 146 Å². The summed E-state index contributed by atoms with van der Waals surface area (Å²) in [6.45, 7) is 0. The van der Waals surface area contributed by atoms with Gasteiger partial charge in [-0.25, -0.2) is 0 Å². The molecule has 0 saturated heterocycles. The van der Waals surface area contributed by atoms with Gasteiger partial charge in [-0.15, -0.1) is 0 Å². The van der Waals surface area contributed by atoms with Crippen molar-refractivity contribution in [3.63, 3.8) is 0 Å². The average Bonchev–Trinajstić information content (AvgIpc) is 3.92. The molecule has 2 aromatic heterocycles. The smallest absolute Gasteiger partial charge is 0.0543 e. The minimum absolute atomic E-state index is 1.05. The van der Waals surface area contributed by atoms with Crippen LogP contribution < -0.4 is 0 Å². The first-order chi connectivity index (χ1) is 28.7. The molecule has 0 unspecified atom stereocenters. The molecule has 11 aromatic rings. The quantitative estimate of drug-likeness (QED) is 0.170. The van der Waals surface area contributed by atoms with Gasteiger partial charge in [-0.3, -0.25) is 0 Å². The highest BCUT2D eigenvalue weighted by Crippen LogP contribution is 2.49. The molecular weight excluding hydrogens is 701 g/mol. The summed E-state index contributed by atoms with van der Waals surface area (Å²) >= 11 is 0. The minimum atomic E-state index is 1.05. The van der Waals surface area contributed by atoms with Crippen LogP contribution in [0.4, 0.5) is 0 Å². The molecule has 0 N–H and O–H groups in total. The topological polar surface area (TPSA) is 9.86 Å². The highest BCUT2D eigenvalue weighted by molar-refractivity contribution is 6.17. The molecule has 0 aliphatic heterocycles. The molecule has 0 bridgehead atoms. The Morgan fingerprint density at radius 2 is 1.07 bits per heavy atom. The van der Waals surface area contributed by atoms with Gasteiger partial charge >= 0.3 is 0 Å². The predicted octanol–water partition coefficient (Wildman–Crippen LogP) is 15.0. The summed E-state index contributed by atoms with van der Waals surface area (Å²) in [5.74, 6) is 0. The van der Waals surface area contributed by atoms with E-state index in [1.807, 2.05) is 0 Å². The summed E-state index contributed by atoms with van der Waals surface area (Å²) in [5, 5.41) is 8.97. The first-order valence-electron chi connectivity index (χ1n) is 20.4. The largest absolute Gasteiger partial charge is 0.313 e. The van der Waals surface area contributed by atoms with E-state index in [1.165, 1.54) is 121 Å². The molecule has 0 atom stereocenters. The Morgan fingerprint density at radius 3 is 2.00 bits per heavy atom. The molecule has 2 aliphatic rings. The SMILES string of the molecule is C1=Cc2c(n(-c3ccccc3)c3cc(-c4ccc5c(c4)c4ccccc4n5-c4ccc5cc(-c6cc7c8c(cccc8c6)-c6ccccc6-7)ccc5c4)ccc23)CC1. The first kappa shape index (κ1) is 31.7. The third-order valence-corrected chi connectivity index (χ3v) is 12.9. The zero-order valence-corrected chi connectivity index (χ0v) is 31.8. The van der Waals surface area contributed by atoms with E-state index in [2.05, 4.69) is 203 Å². The van der Waals surface area contributed by atoms with Crippen LogP contribution in [-0.2, 0) is 6.42 Å². The van der Waals surface area contributed by atoms with E-state index in [4.69, 9.17) is 0 Å². The van der Waals surface area contributed by atoms with E-state index in [9.17, 15) is 0 Å². The lowest BCUT2D eigenvalue weighted by Gasteiger charge is -2.13. The highest BCUT2D eigenvalue weighted by Gasteiger charge is 2.23. The lowest BCUT2D eigenvalue weighted by atomic mass is 9.95. The lowest BCUT2D eigenvalue weighted by molar-refractivity contribution is 0.888. The van der Waals surface area contributed by atoms with E-state index in [0.29, 0.717) is 0 Å². The number of para-hydroxylation sites is 2. The standard InChI is InChI=1S/C56H36N2/c1-2-12-42(13-3-1)57-52-19-8-6-16-46(52)48-27-24-39(34-55(48)57)38-25-28-54-50(32-38)47-17-7-9-20-53(47)58(54)43-26-23-35-29-36(21-22-37(35)31-43)41-30-40-11-10-18-49-44-14-4-5-15-45(44)51(33-41)56(40)49/h1-7,9-18,20-34H,8,19H2. The van der Waals surface area contributed by atoms with Crippen LogP contribution in [0.25, 0.3) is 116 Å². The third-order valence-electron chi connectivity index (χ3n) is 12.9. The van der Waals surface area contributed by atoms with Crippen LogP contribution in [0, 0.1) is 0 Å². The van der Waals surface area contributed by atoms with E-state index in [-0.39, 0.29) is 0 Å². The molecule has 270 valence electrons. The molecule has 0 saturated carbocycles. The summed E-state index contributed by atoms with van der Waals surface area (Å²) in [5.41, 5.74) is 19.1. The number of hydrogen-bond acceptors (Lipinski definition) is 0. The Bertz CT molecular complexity index is 3560. The predicted molar refractivity (Wildman–Crippen MR) is 245 cm³/mol. The van der Waals surface area contributed by atoms with Gasteiger partial charge in [-0.1, -0.05) is 127 Å². The van der Waals surface area contributed by atoms with Gasteiger partial charge in [0.25, 0.3) is 0 Å². The fourth-order valence-corrected chi connectivity index (χ4v) is 10.2. The summed E-state index contributed by atoms with van der Waals surface area (Å²) in [4.78, 5) is 0. The van der Waals surface area contributed by atoms with Crippen LogP contribution >= 0.6 is 0 Å². The van der Waals surface area contributed by atoms with Crippen LogP contribution in [0.1, 0.15) is 17.7 Å². The van der Waals surface area contributed by atoms with Crippen LogP contribution in [0.3, 0.4) is 0 Å². The Balaban J connectivity index is 0.914. The van der Waals surface area contributed by atoms with Crippen molar-refractivity contribution in [2.24, 2.45) is 0 Å². The molecule has 2 nitrogen and oxygen atoms in total. The van der Waals surface area contributed by atoms with E-state index < -0.39 is 0 Å². The van der Waals surface area contributed by atoms with Crippen molar-refractivity contribution in [2.45, 2.75) is 12.8 Å². The maximum atomic E-state index is 2.48. The van der Waals surface area contributed by atoms with Gasteiger partial charge in [0.05, 0.1) is 16.6 Å². The number of aromatic nitrogens is 2. The van der Waals surface area contributed by atoms with Crippen LogP contribution in [0.5, 0.6) is 0 Å². The van der Waals surface area contributed by atoms with Crippen molar-refractivity contribution in [2.75, 3.05) is 0 Å². The summed E-state index contributed by atoms with van der Waals surface area (Å²) in [6.07, 6.45) is 6.76. The van der Waals surface area contributed by atoms with Gasteiger partial charge in [0.15, 0.2) is 0 Å². The number of benzene rings is 9. The molecule has 0 amide bonds. The van der Waals surface area contributed by atoms with Crippen LogP contribution in [-0.4, -0.2) is 9.13 Å². The zero-order chi connectivity index (χ0) is 37.9. The van der Waals surface area contributed by atoms with Crippen molar-refractivity contribution >= 4 is 60.3 Å². The van der Waals surface area contributed by atoms with Crippen molar-refractivity contribution in [1.82, 2.24) is 9.13 Å². The van der Waals surface area contributed by atoms with E-state index in [0.717, 1.165) is 12.8 Å². The van der Waals surface area contributed by atoms with Gasteiger partial charge < -0.3 is 9.13 Å². The molecule has 2 heteroatoms. The Morgan fingerprint density at radius 1 is 0.362 bits per heavy atom. The fourth-order valence-electron chi connectivity index (χ4n) is 10.2. The summed E-state index contributed by atoms with van der Waals surface area (Å²) < 4.78 is 4.92.